The monoisotopic (exact) mass is 276 g/mol. The zero-order valence-corrected chi connectivity index (χ0v) is 9.38. The fourth-order valence-electron chi connectivity index (χ4n) is 1.32. The van der Waals surface area contributed by atoms with Crippen molar-refractivity contribution in [1.82, 2.24) is 5.32 Å². The maximum atomic E-state index is 12.8. The number of halogens is 2. The van der Waals surface area contributed by atoms with Crippen LogP contribution in [0.25, 0.3) is 0 Å². The molecule has 9 heteroatoms. The van der Waals surface area contributed by atoms with Crippen LogP contribution in [-0.4, -0.2) is 22.6 Å². The number of hydrogen-bond donors (Lipinski definition) is 3. The van der Waals surface area contributed by atoms with E-state index in [1.807, 2.05) is 5.32 Å². The lowest BCUT2D eigenvalue weighted by Crippen LogP contribution is -2.33. The first-order chi connectivity index (χ1) is 8.37. The summed E-state index contributed by atoms with van der Waals surface area (Å²) in [4.78, 5) is 10.3. The highest BCUT2D eigenvalue weighted by atomic mass is 32.1. The molecule has 0 aliphatic carbocycles. The van der Waals surface area contributed by atoms with Crippen LogP contribution in [0.2, 0.25) is 0 Å². The average Bonchev–Trinajstić information content (AvgIpc) is 2.52. The first-order valence-electron chi connectivity index (χ1n) is 4.57. The largest absolute Gasteiger partial charge is 0.586 e. The minimum Gasteiger partial charge on any atom is -0.465 e. The Hall–Kier alpha value is -2.16. The Labute approximate surface area is 104 Å². The summed E-state index contributed by atoms with van der Waals surface area (Å²) in [7, 11) is 0. The van der Waals surface area contributed by atoms with Crippen molar-refractivity contribution in [3.05, 3.63) is 18.2 Å². The Morgan fingerprint density at radius 1 is 1.39 bits per heavy atom. The van der Waals surface area contributed by atoms with Crippen LogP contribution in [0.1, 0.15) is 0 Å². The number of amides is 1. The van der Waals surface area contributed by atoms with Crippen LogP contribution < -0.4 is 20.1 Å². The molecule has 96 valence electrons. The van der Waals surface area contributed by atoms with Crippen LogP contribution >= 0.6 is 12.2 Å². The molecule has 1 heterocycles. The lowest BCUT2D eigenvalue weighted by atomic mass is 10.3. The standard InChI is InChI=1S/C9H6F2N2O4S/c10-9(11)16-5-3-1-2-4(6(5)17-9)12-7(18)13-8(14)15/h1-3H,(H,14,15)(H2,12,13,18). The van der Waals surface area contributed by atoms with Gasteiger partial charge in [-0.15, -0.1) is 8.78 Å². The summed E-state index contributed by atoms with van der Waals surface area (Å²) in [6, 6.07) is 4.10. The van der Waals surface area contributed by atoms with Crippen LogP contribution in [0.5, 0.6) is 11.5 Å². The van der Waals surface area contributed by atoms with Gasteiger partial charge in [-0.25, -0.2) is 4.79 Å². The van der Waals surface area contributed by atoms with Crippen molar-refractivity contribution in [2.24, 2.45) is 0 Å². The molecule has 0 spiro atoms. The molecule has 0 bridgehead atoms. The average molecular weight is 276 g/mol. The van der Waals surface area contributed by atoms with E-state index >= 15 is 0 Å². The van der Waals surface area contributed by atoms with Crippen molar-refractivity contribution >= 4 is 29.1 Å². The van der Waals surface area contributed by atoms with Crippen molar-refractivity contribution in [1.29, 1.82) is 0 Å². The topological polar surface area (TPSA) is 79.8 Å². The highest BCUT2D eigenvalue weighted by Gasteiger charge is 2.44. The van der Waals surface area contributed by atoms with Gasteiger partial charge in [0.05, 0.1) is 5.69 Å². The highest BCUT2D eigenvalue weighted by molar-refractivity contribution is 7.80. The molecule has 1 aromatic carbocycles. The zero-order valence-electron chi connectivity index (χ0n) is 8.57. The minimum atomic E-state index is -3.75. The van der Waals surface area contributed by atoms with Gasteiger partial charge in [0.15, 0.2) is 16.6 Å². The molecular weight excluding hydrogens is 270 g/mol. The van der Waals surface area contributed by atoms with E-state index in [2.05, 4.69) is 27.0 Å². The Morgan fingerprint density at radius 2 is 2.11 bits per heavy atom. The number of fused-ring (bicyclic) bond motifs is 1. The summed E-state index contributed by atoms with van der Waals surface area (Å²) in [5.41, 5.74) is 0.0726. The summed E-state index contributed by atoms with van der Waals surface area (Å²) >= 11 is 4.65. The van der Waals surface area contributed by atoms with Crippen molar-refractivity contribution in [3.8, 4) is 11.5 Å². The second-order valence-corrected chi connectivity index (χ2v) is 3.59. The van der Waals surface area contributed by atoms with Crippen LogP contribution in [0.4, 0.5) is 19.3 Å². The van der Waals surface area contributed by atoms with Gasteiger partial charge in [-0.2, -0.15) is 0 Å². The third kappa shape index (κ3) is 2.56. The van der Waals surface area contributed by atoms with E-state index in [4.69, 9.17) is 5.11 Å². The molecule has 0 saturated heterocycles. The van der Waals surface area contributed by atoms with Gasteiger partial charge >= 0.3 is 12.4 Å². The number of para-hydroxylation sites is 1. The Bertz CT molecular complexity index is 523. The molecule has 0 saturated carbocycles. The second kappa shape index (κ2) is 4.26. The fourth-order valence-corrected chi connectivity index (χ4v) is 1.52. The number of carboxylic acid groups (broad SMARTS) is 1. The molecule has 0 unspecified atom stereocenters. The van der Waals surface area contributed by atoms with Gasteiger partial charge in [-0.05, 0) is 24.4 Å². The molecule has 0 radical (unpaired) electrons. The Kier molecular flexibility index (Phi) is 2.91. The van der Waals surface area contributed by atoms with E-state index < -0.39 is 12.4 Å². The number of rotatable bonds is 1. The van der Waals surface area contributed by atoms with Gasteiger partial charge < -0.3 is 19.9 Å². The molecule has 0 aromatic heterocycles. The summed E-state index contributed by atoms with van der Waals surface area (Å²) in [6.07, 6.45) is -5.12. The van der Waals surface area contributed by atoms with E-state index in [1.165, 1.54) is 18.2 Å². The fraction of sp³-hybridized carbons (Fsp3) is 0.111. The van der Waals surface area contributed by atoms with Crippen LogP contribution in [-0.2, 0) is 0 Å². The molecule has 1 amide bonds. The molecule has 2 rings (SSSR count). The van der Waals surface area contributed by atoms with E-state index in [0.717, 1.165) is 0 Å². The number of alkyl halides is 2. The van der Waals surface area contributed by atoms with Gasteiger partial charge in [0, 0.05) is 0 Å². The lowest BCUT2D eigenvalue weighted by molar-refractivity contribution is -0.286. The number of hydrogen-bond acceptors (Lipinski definition) is 4. The quantitative estimate of drug-likeness (QED) is 0.680. The van der Waals surface area contributed by atoms with Crippen molar-refractivity contribution in [2.75, 3.05) is 5.32 Å². The molecule has 3 N–H and O–H groups in total. The highest BCUT2D eigenvalue weighted by Crippen LogP contribution is 2.45. The lowest BCUT2D eigenvalue weighted by Gasteiger charge is -2.09. The molecule has 6 nitrogen and oxygen atoms in total. The number of thiocarbonyl (C=S) groups is 1. The number of benzene rings is 1. The Balaban J connectivity index is 2.19. The van der Waals surface area contributed by atoms with Gasteiger partial charge in [-0.1, -0.05) is 6.07 Å². The summed E-state index contributed by atoms with van der Waals surface area (Å²) in [6.45, 7) is 0. The SMILES string of the molecule is O=C(O)NC(=S)Nc1cccc2c1OC(F)(F)O2. The van der Waals surface area contributed by atoms with Crippen molar-refractivity contribution < 1.29 is 28.2 Å². The van der Waals surface area contributed by atoms with Crippen molar-refractivity contribution in [2.45, 2.75) is 6.29 Å². The maximum absolute atomic E-state index is 12.8. The predicted molar refractivity (Wildman–Crippen MR) is 60.0 cm³/mol. The number of carbonyl (C=O) groups is 1. The minimum absolute atomic E-state index is 0.0726. The van der Waals surface area contributed by atoms with Crippen LogP contribution in [0.15, 0.2) is 18.2 Å². The summed E-state index contributed by atoms with van der Waals surface area (Å²) < 4.78 is 34.2. The van der Waals surface area contributed by atoms with E-state index in [1.54, 1.807) is 0 Å². The molecule has 1 aromatic rings. The number of ether oxygens (including phenoxy) is 2. The first-order valence-corrected chi connectivity index (χ1v) is 4.98. The van der Waals surface area contributed by atoms with Gasteiger partial charge in [0.2, 0.25) is 0 Å². The van der Waals surface area contributed by atoms with Gasteiger partial charge in [0.1, 0.15) is 0 Å². The van der Waals surface area contributed by atoms with Crippen molar-refractivity contribution in [3.63, 3.8) is 0 Å². The van der Waals surface area contributed by atoms with E-state index in [-0.39, 0.29) is 22.3 Å². The van der Waals surface area contributed by atoms with Crippen LogP contribution in [0.3, 0.4) is 0 Å². The third-order valence-corrected chi connectivity index (χ3v) is 2.10. The normalized spacial score (nSPS) is 15.0. The molecular formula is C9H6F2N2O4S. The van der Waals surface area contributed by atoms with Gasteiger partial charge in [-0.3, -0.25) is 5.32 Å². The first kappa shape index (κ1) is 12.3. The zero-order chi connectivity index (χ0) is 13.3. The summed E-state index contributed by atoms with van der Waals surface area (Å²) in [5, 5.41) is 12.4. The smallest absolute Gasteiger partial charge is 0.465 e. The maximum Gasteiger partial charge on any atom is 0.586 e. The molecule has 0 fully saturated rings. The third-order valence-electron chi connectivity index (χ3n) is 1.90. The predicted octanol–water partition coefficient (Wildman–Crippen LogP) is 1.97. The molecule has 1 aliphatic rings. The number of anilines is 1. The Morgan fingerprint density at radius 3 is 2.78 bits per heavy atom. The van der Waals surface area contributed by atoms with E-state index in [0.29, 0.717) is 0 Å². The second-order valence-electron chi connectivity index (χ2n) is 3.18. The molecule has 18 heavy (non-hydrogen) atoms. The van der Waals surface area contributed by atoms with Gasteiger partial charge in [0.25, 0.3) is 0 Å². The molecule has 1 aliphatic heterocycles. The number of nitrogens with one attached hydrogen (secondary N) is 2. The van der Waals surface area contributed by atoms with E-state index in [9.17, 15) is 13.6 Å². The summed E-state index contributed by atoms with van der Waals surface area (Å²) in [5.74, 6) is -0.403. The molecule has 0 atom stereocenters. The van der Waals surface area contributed by atoms with Crippen LogP contribution in [0, 0.1) is 0 Å².